The van der Waals surface area contributed by atoms with E-state index in [2.05, 4.69) is 19.2 Å². The van der Waals surface area contributed by atoms with Crippen LogP contribution in [0.15, 0.2) is 12.1 Å². The molecular weight excluding hydrogens is 278 g/mol. The van der Waals surface area contributed by atoms with Crippen molar-refractivity contribution in [1.29, 1.82) is 0 Å². The van der Waals surface area contributed by atoms with E-state index in [9.17, 15) is 0 Å². The fourth-order valence-electron chi connectivity index (χ4n) is 1.84. The Kier molecular flexibility index (Phi) is 9.17. The molecule has 0 saturated heterocycles. The van der Waals surface area contributed by atoms with Crippen LogP contribution in [0, 0.1) is 5.92 Å². The zero-order chi connectivity index (χ0) is 14.3. The van der Waals surface area contributed by atoms with E-state index in [0.717, 1.165) is 36.6 Å². The number of benzene rings is 1. The van der Waals surface area contributed by atoms with Crippen LogP contribution in [0.4, 0.5) is 0 Å². The van der Waals surface area contributed by atoms with Gasteiger partial charge in [-0.2, -0.15) is 0 Å². The van der Waals surface area contributed by atoms with Gasteiger partial charge in [-0.25, -0.2) is 0 Å². The highest BCUT2D eigenvalue weighted by Gasteiger charge is 2.11. The average Bonchev–Trinajstić information content (AvgIpc) is 2.42. The highest BCUT2D eigenvalue weighted by molar-refractivity contribution is 5.85. The minimum absolute atomic E-state index is 0. The number of halogens is 1. The molecule has 0 spiro atoms. The quantitative estimate of drug-likeness (QED) is 0.748. The Hall–Kier alpha value is -1.13. The van der Waals surface area contributed by atoms with Gasteiger partial charge < -0.3 is 19.5 Å². The fraction of sp³-hybridized carbons (Fsp3) is 0.600. The van der Waals surface area contributed by atoms with Crippen molar-refractivity contribution in [3.63, 3.8) is 0 Å². The Labute approximate surface area is 128 Å². The topological polar surface area (TPSA) is 39.7 Å². The van der Waals surface area contributed by atoms with E-state index in [1.165, 1.54) is 0 Å². The molecule has 0 aliphatic heterocycles. The van der Waals surface area contributed by atoms with Crippen molar-refractivity contribution < 1.29 is 14.2 Å². The Bertz CT molecular complexity index is 397. The van der Waals surface area contributed by atoms with Crippen LogP contribution in [0.2, 0.25) is 0 Å². The van der Waals surface area contributed by atoms with Gasteiger partial charge in [-0.3, -0.25) is 0 Å². The van der Waals surface area contributed by atoms with Crippen molar-refractivity contribution in [2.45, 2.75) is 26.8 Å². The molecule has 0 aliphatic rings. The lowest BCUT2D eigenvalue weighted by Crippen LogP contribution is -2.17. The first-order valence-electron chi connectivity index (χ1n) is 6.62. The highest BCUT2D eigenvalue weighted by atomic mass is 35.5. The molecule has 0 aromatic heterocycles. The highest BCUT2D eigenvalue weighted by Crippen LogP contribution is 2.34. The van der Waals surface area contributed by atoms with Gasteiger partial charge in [-0.15, -0.1) is 12.4 Å². The van der Waals surface area contributed by atoms with Crippen LogP contribution >= 0.6 is 12.4 Å². The van der Waals surface area contributed by atoms with Gasteiger partial charge in [0.2, 0.25) is 0 Å². The zero-order valence-corrected chi connectivity index (χ0v) is 13.8. The second-order valence-electron chi connectivity index (χ2n) is 4.88. The van der Waals surface area contributed by atoms with Crippen LogP contribution < -0.4 is 19.5 Å². The minimum Gasteiger partial charge on any atom is -0.496 e. The predicted octanol–water partition coefficient (Wildman–Crippen LogP) is 3.27. The normalized spacial score (nSPS) is 10.1. The number of nitrogens with one attached hydrogen (secondary N) is 1. The minimum atomic E-state index is 0. The molecule has 0 atom stereocenters. The van der Waals surface area contributed by atoms with Crippen molar-refractivity contribution in [3.8, 4) is 17.2 Å². The van der Waals surface area contributed by atoms with E-state index in [0.29, 0.717) is 11.7 Å². The lowest BCUT2D eigenvalue weighted by molar-refractivity contribution is 0.347. The molecule has 1 aromatic carbocycles. The third kappa shape index (κ3) is 5.47. The molecule has 0 fully saturated rings. The maximum absolute atomic E-state index is 5.39. The average molecular weight is 304 g/mol. The Balaban J connectivity index is 0.00000361. The molecule has 0 aliphatic carbocycles. The van der Waals surface area contributed by atoms with Gasteiger partial charge in [0.15, 0.2) is 11.5 Å². The molecule has 5 heteroatoms. The van der Waals surface area contributed by atoms with Crippen LogP contribution in [0.1, 0.15) is 25.8 Å². The molecule has 1 rings (SSSR count). The summed E-state index contributed by atoms with van der Waals surface area (Å²) in [5.41, 5.74) is 1.07. The summed E-state index contributed by atoms with van der Waals surface area (Å²) in [5.74, 6) is 2.93. The monoisotopic (exact) mass is 303 g/mol. The second kappa shape index (κ2) is 9.72. The third-order valence-corrected chi connectivity index (χ3v) is 3.00. The van der Waals surface area contributed by atoms with Gasteiger partial charge in [0.25, 0.3) is 0 Å². The maximum Gasteiger partial charge on any atom is 0.164 e. The lowest BCUT2D eigenvalue weighted by Gasteiger charge is -2.15. The summed E-state index contributed by atoms with van der Waals surface area (Å²) in [6, 6.07) is 3.82. The molecule has 1 N–H and O–H groups in total. The van der Waals surface area contributed by atoms with E-state index in [1.807, 2.05) is 12.1 Å². The number of ether oxygens (including phenoxy) is 3. The van der Waals surface area contributed by atoms with Gasteiger partial charge in [0.05, 0.1) is 21.3 Å². The SMILES string of the molecule is COc1cc(OC)c(OC)cc1CNCCC(C)C.Cl. The third-order valence-electron chi connectivity index (χ3n) is 3.00. The molecule has 0 heterocycles. The van der Waals surface area contributed by atoms with Gasteiger partial charge >= 0.3 is 0 Å². The summed E-state index contributed by atoms with van der Waals surface area (Å²) in [7, 11) is 4.93. The van der Waals surface area contributed by atoms with Gasteiger partial charge in [-0.1, -0.05) is 13.8 Å². The van der Waals surface area contributed by atoms with E-state index >= 15 is 0 Å². The van der Waals surface area contributed by atoms with Crippen molar-refractivity contribution in [3.05, 3.63) is 17.7 Å². The molecule has 4 nitrogen and oxygen atoms in total. The van der Waals surface area contributed by atoms with Gasteiger partial charge in [-0.05, 0) is 24.9 Å². The number of hydrogen-bond acceptors (Lipinski definition) is 4. The predicted molar refractivity (Wildman–Crippen MR) is 84.5 cm³/mol. The number of rotatable bonds is 8. The Morgan fingerprint density at radius 1 is 0.950 bits per heavy atom. The van der Waals surface area contributed by atoms with Crippen molar-refractivity contribution in [2.24, 2.45) is 5.92 Å². The number of methoxy groups -OCH3 is 3. The standard InChI is InChI=1S/C15H25NO3.ClH/c1-11(2)6-7-16-10-12-8-14(18-4)15(19-5)9-13(12)17-3;/h8-9,11,16H,6-7,10H2,1-5H3;1H. The molecule has 20 heavy (non-hydrogen) atoms. The second-order valence-corrected chi connectivity index (χ2v) is 4.88. The molecule has 0 saturated carbocycles. The van der Waals surface area contributed by atoms with Crippen LogP contribution in [-0.4, -0.2) is 27.9 Å². The summed E-state index contributed by atoms with van der Waals surface area (Å²) in [6.45, 7) is 6.20. The summed E-state index contributed by atoms with van der Waals surface area (Å²) in [5, 5.41) is 3.42. The Morgan fingerprint density at radius 3 is 2.00 bits per heavy atom. The zero-order valence-electron chi connectivity index (χ0n) is 13.0. The molecule has 0 radical (unpaired) electrons. The summed E-state index contributed by atoms with van der Waals surface area (Å²) < 4.78 is 16.0. The first kappa shape index (κ1) is 18.9. The van der Waals surface area contributed by atoms with E-state index in [4.69, 9.17) is 14.2 Å². The summed E-state index contributed by atoms with van der Waals surface area (Å²) in [6.07, 6.45) is 1.16. The molecule has 0 bridgehead atoms. The fourth-order valence-corrected chi connectivity index (χ4v) is 1.84. The van der Waals surface area contributed by atoms with E-state index < -0.39 is 0 Å². The molecule has 116 valence electrons. The smallest absolute Gasteiger partial charge is 0.164 e. The molecule has 0 unspecified atom stereocenters. The lowest BCUT2D eigenvalue weighted by atomic mass is 10.1. The maximum atomic E-state index is 5.39. The van der Waals surface area contributed by atoms with Crippen LogP contribution in [0.5, 0.6) is 17.2 Å². The summed E-state index contributed by atoms with van der Waals surface area (Å²) in [4.78, 5) is 0. The Morgan fingerprint density at radius 2 is 1.50 bits per heavy atom. The van der Waals surface area contributed by atoms with E-state index in [1.54, 1.807) is 21.3 Å². The van der Waals surface area contributed by atoms with Crippen molar-refractivity contribution >= 4 is 12.4 Å². The largest absolute Gasteiger partial charge is 0.496 e. The van der Waals surface area contributed by atoms with Crippen molar-refractivity contribution in [2.75, 3.05) is 27.9 Å². The molecule has 1 aromatic rings. The van der Waals surface area contributed by atoms with Crippen molar-refractivity contribution in [1.82, 2.24) is 5.32 Å². The van der Waals surface area contributed by atoms with Gasteiger partial charge in [0.1, 0.15) is 5.75 Å². The first-order valence-corrected chi connectivity index (χ1v) is 6.62. The van der Waals surface area contributed by atoms with E-state index in [-0.39, 0.29) is 12.4 Å². The molecule has 0 amide bonds. The first-order chi connectivity index (χ1) is 9.12. The van der Waals surface area contributed by atoms with Crippen LogP contribution in [-0.2, 0) is 6.54 Å². The number of hydrogen-bond donors (Lipinski definition) is 1. The van der Waals surface area contributed by atoms with Crippen LogP contribution in [0.25, 0.3) is 0 Å². The van der Waals surface area contributed by atoms with Crippen LogP contribution in [0.3, 0.4) is 0 Å². The van der Waals surface area contributed by atoms with Gasteiger partial charge in [0, 0.05) is 18.2 Å². The summed E-state index contributed by atoms with van der Waals surface area (Å²) >= 11 is 0. The molecular formula is C15H26ClNO3.